The molecule has 1 aromatic carbocycles. The van der Waals surface area contributed by atoms with E-state index in [-0.39, 0.29) is 18.0 Å². The molecular weight excluding hydrogens is 310 g/mol. The zero-order chi connectivity index (χ0) is 12.4. The Morgan fingerprint density at radius 2 is 2.12 bits per heavy atom. The number of rotatable bonds is 3. The molecule has 1 heterocycles. The summed E-state index contributed by atoms with van der Waals surface area (Å²) in [4.78, 5) is 11.8. The van der Waals surface area contributed by atoms with Gasteiger partial charge in [0.05, 0.1) is 0 Å². The largest absolute Gasteiger partial charge is 0.446 e. The molecule has 0 radical (unpaired) electrons. The highest BCUT2D eigenvalue weighted by atomic mass is 79.9. The molecule has 0 saturated heterocycles. The molecule has 5 heteroatoms. The Morgan fingerprint density at radius 3 is 2.71 bits per heavy atom. The molecule has 0 N–H and O–H groups in total. The van der Waals surface area contributed by atoms with E-state index in [4.69, 9.17) is 16.0 Å². The summed E-state index contributed by atoms with van der Waals surface area (Å²) < 4.78 is 19.0. The van der Waals surface area contributed by atoms with E-state index in [1.54, 1.807) is 18.2 Å². The predicted octanol–water partition coefficient (Wildman–Crippen LogP) is 4.26. The second-order valence-corrected chi connectivity index (χ2v) is 4.66. The van der Waals surface area contributed by atoms with Gasteiger partial charge in [0, 0.05) is 11.4 Å². The Kier molecular flexibility index (Phi) is 3.64. The molecule has 0 aliphatic carbocycles. The highest BCUT2D eigenvalue weighted by molar-refractivity contribution is 9.10. The second-order valence-electron chi connectivity index (χ2n) is 3.44. The van der Waals surface area contributed by atoms with E-state index in [1.807, 2.05) is 0 Å². The van der Waals surface area contributed by atoms with Crippen LogP contribution in [-0.4, -0.2) is 5.78 Å². The summed E-state index contributed by atoms with van der Waals surface area (Å²) in [7, 11) is 0. The van der Waals surface area contributed by atoms with Crippen molar-refractivity contribution in [2.24, 2.45) is 0 Å². The van der Waals surface area contributed by atoms with Crippen LogP contribution in [0.25, 0.3) is 0 Å². The first-order valence-corrected chi connectivity index (χ1v) is 5.96. The van der Waals surface area contributed by atoms with Crippen molar-refractivity contribution in [3.05, 3.63) is 57.2 Å². The van der Waals surface area contributed by atoms with Gasteiger partial charge in [-0.3, -0.25) is 4.79 Å². The number of hydrogen-bond donors (Lipinski definition) is 0. The first-order valence-electron chi connectivity index (χ1n) is 4.79. The average Bonchev–Trinajstić information content (AvgIpc) is 2.69. The fourth-order valence-corrected chi connectivity index (χ4v) is 1.85. The van der Waals surface area contributed by atoms with Crippen LogP contribution in [0.15, 0.2) is 39.4 Å². The van der Waals surface area contributed by atoms with Gasteiger partial charge in [-0.1, -0.05) is 17.7 Å². The number of ketones is 1. The second kappa shape index (κ2) is 5.02. The zero-order valence-corrected chi connectivity index (χ0v) is 10.9. The number of carbonyl (C=O) groups is 1. The minimum Gasteiger partial charge on any atom is -0.446 e. The molecule has 0 atom stereocenters. The van der Waals surface area contributed by atoms with Gasteiger partial charge in [-0.2, -0.15) is 0 Å². The Bertz CT molecular complexity index is 565. The maximum absolute atomic E-state index is 13.5. The number of benzene rings is 1. The van der Waals surface area contributed by atoms with E-state index < -0.39 is 5.82 Å². The summed E-state index contributed by atoms with van der Waals surface area (Å²) in [6, 6.07) is 7.38. The number of halogens is 3. The van der Waals surface area contributed by atoms with Crippen LogP contribution in [0.5, 0.6) is 0 Å². The Morgan fingerprint density at radius 1 is 1.35 bits per heavy atom. The van der Waals surface area contributed by atoms with Crippen molar-refractivity contribution in [3.63, 3.8) is 0 Å². The van der Waals surface area contributed by atoms with Crippen LogP contribution >= 0.6 is 27.5 Å². The van der Waals surface area contributed by atoms with Crippen molar-refractivity contribution in [1.29, 1.82) is 0 Å². The van der Waals surface area contributed by atoms with Crippen molar-refractivity contribution in [2.75, 3.05) is 0 Å². The van der Waals surface area contributed by atoms with E-state index in [1.165, 1.54) is 12.1 Å². The minimum absolute atomic E-state index is 0.0526. The number of Topliss-reactive ketones (excluding diaryl/α,β-unsaturated/α-hetero) is 1. The normalized spacial score (nSPS) is 10.5. The number of carbonyl (C=O) groups excluding carboxylic acids is 1. The molecule has 0 aliphatic heterocycles. The van der Waals surface area contributed by atoms with Crippen LogP contribution in [0, 0.1) is 5.82 Å². The van der Waals surface area contributed by atoms with Gasteiger partial charge in [0.1, 0.15) is 5.82 Å². The lowest BCUT2D eigenvalue weighted by Gasteiger charge is -2.01. The summed E-state index contributed by atoms with van der Waals surface area (Å²) in [6.45, 7) is 0. The van der Waals surface area contributed by atoms with Gasteiger partial charge in [0.2, 0.25) is 5.78 Å². The van der Waals surface area contributed by atoms with Crippen LogP contribution in [0.4, 0.5) is 4.39 Å². The molecular formula is C12H7BrClFO2. The first kappa shape index (κ1) is 12.3. The van der Waals surface area contributed by atoms with Crippen LogP contribution in [0.3, 0.4) is 0 Å². The maximum atomic E-state index is 13.5. The smallest absolute Gasteiger partial charge is 0.202 e. The molecule has 2 aromatic rings. The predicted molar refractivity (Wildman–Crippen MR) is 65.9 cm³/mol. The van der Waals surface area contributed by atoms with Gasteiger partial charge in [-0.15, -0.1) is 0 Å². The van der Waals surface area contributed by atoms with Crippen LogP contribution in [0.2, 0.25) is 5.02 Å². The van der Waals surface area contributed by atoms with E-state index in [0.717, 1.165) is 0 Å². The quantitative estimate of drug-likeness (QED) is 0.792. The molecule has 17 heavy (non-hydrogen) atoms. The van der Waals surface area contributed by atoms with Gasteiger partial charge in [0.25, 0.3) is 0 Å². The topological polar surface area (TPSA) is 30.2 Å². The highest BCUT2D eigenvalue weighted by Crippen LogP contribution is 2.19. The monoisotopic (exact) mass is 316 g/mol. The fourth-order valence-electron chi connectivity index (χ4n) is 1.39. The lowest BCUT2D eigenvalue weighted by atomic mass is 10.1. The Labute approximate surface area is 111 Å². The number of furan rings is 1. The van der Waals surface area contributed by atoms with E-state index >= 15 is 0 Å². The van der Waals surface area contributed by atoms with E-state index in [9.17, 15) is 9.18 Å². The van der Waals surface area contributed by atoms with Crippen molar-refractivity contribution in [3.8, 4) is 0 Å². The lowest BCUT2D eigenvalue weighted by molar-refractivity contribution is 0.0964. The van der Waals surface area contributed by atoms with Gasteiger partial charge >= 0.3 is 0 Å². The zero-order valence-electron chi connectivity index (χ0n) is 8.54. The molecule has 0 aliphatic rings. The van der Waals surface area contributed by atoms with E-state index in [0.29, 0.717) is 15.3 Å². The Hall–Kier alpha value is -1.13. The molecule has 2 rings (SSSR count). The standard InChI is InChI=1S/C12H7BrClFO2/c13-12-4-3-11(17-12)10(16)5-7-1-2-8(14)6-9(7)15/h1-4,6H,5H2. The molecule has 0 fully saturated rings. The molecule has 1 aromatic heterocycles. The van der Waals surface area contributed by atoms with Crippen LogP contribution in [0.1, 0.15) is 16.1 Å². The fraction of sp³-hybridized carbons (Fsp3) is 0.0833. The summed E-state index contributed by atoms with van der Waals surface area (Å²) in [5, 5.41) is 0.305. The summed E-state index contributed by atoms with van der Waals surface area (Å²) >= 11 is 8.72. The van der Waals surface area contributed by atoms with Crippen molar-refractivity contribution in [1.82, 2.24) is 0 Å². The van der Waals surface area contributed by atoms with Crippen molar-refractivity contribution < 1.29 is 13.6 Å². The third-order valence-corrected chi connectivity index (χ3v) is 2.88. The molecule has 0 spiro atoms. The van der Waals surface area contributed by atoms with Crippen molar-refractivity contribution in [2.45, 2.75) is 6.42 Å². The Balaban J connectivity index is 2.18. The van der Waals surface area contributed by atoms with Gasteiger partial charge in [0.15, 0.2) is 10.4 Å². The lowest BCUT2D eigenvalue weighted by Crippen LogP contribution is -2.03. The van der Waals surface area contributed by atoms with Gasteiger partial charge in [-0.05, 0) is 45.8 Å². The van der Waals surface area contributed by atoms with Crippen LogP contribution in [-0.2, 0) is 6.42 Å². The maximum Gasteiger partial charge on any atom is 0.202 e. The highest BCUT2D eigenvalue weighted by Gasteiger charge is 2.14. The summed E-state index contributed by atoms with van der Waals surface area (Å²) in [5.41, 5.74) is 0.298. The van der Waals surface area contributed by atoms with E-state index in [2.05, 4.69) is 15.9 Å². The molecule has 0 saturated carbocycles. The third kappa shape index (κ3) is 2.96. The number of hydrogen-bond acceptors (Lipinski definition) is 2. The molecule has 0 unspecified atom stereocenters. The van der Waals surface area contributed by atoms with Crippen molar-refractivity contribution >= 4 is 33.3 Å². The third-order valence-electron chi connectivity index (χ3n) is 2.21. The molecule has 0 amide bonds. The summed E-state index contributed by atoms with van der Waals surface area (Å²) in [5.74, 6) is -0.570. The van der Waals surface area contributed by atoms with Gasteiger partial charge < -0.3 is 4.42 Å². The molecule has 88 valence electrons. The summed E-state index contributed by atoms with van der Waals surface area (Å²) in [6.07, 6.45) is -0.0526. The SMILES string of the molecule is O=C(Cc1ccc(Cl)cc1F)c1ccc(Br)o1. The first-order chi connectivity index (χ1) is 8.06. The van der Waals surface area contributed by atoms with Crippen LogP contribution < -0.4 is 0 Å². The average molecular weight is 318 g/mol. The molecule has 2 nitrogen and oxygen atoms in total. The van der Waals surface area contributed by atoms with Gasteiger partial charge in [-0.25, -0.2) is 4.39 Å². The molecule has 0 bridgehead atoms. The minimum atomic E-state index is -0.489.